The Morgan fingerprint density at radius 2 is 2.24 bits per heavy atom. The molecule has 0 bridgehead atoms. The highest BCUT2D eigenvalue weighted by molar-refractivity contribution is 5.94. The van der Waals surface area contributed by atoms with Crippen LogP contribution in [-0.4, -0.2) is 33.9 Å². The molecular weight excluding hydrogens is 321 g/mol. The molecule has 1 radical (unpaired) electrons. The number of carbonyl (C=O) groups excluding carboxylic acids is 1. The van der Waals surface area contributed by atoms with Crippen molar-refractivity contribution in [3.8, 4) is 11.5 Å². The zero-order valence-electron chi connectivity index (χ0n) is 13.8. The molecule has 25 heavy (non-hydrogen) atoms. The minimum absolute atomic E-state index is 0.156. The second kappa shape index (κ2) is 6.27. The van der Waals surface area contributed by atoms with Crippen LogP contribution in [0.2, 0.25) is 0 Å². The standard InChI is InChI=1S/C19H17FN3O2/c1-23(13-5-2-3-6-13)19(24)12-8-9-14(15(20)11-12)18-22-17-16(25-18)7-4-10-21-17/h2,4,7-11,13H,3,5-6H2,1H3/t13-/m1/s1. The SMILES string of the molecule is CN(C(=O)c1ccc(-c2nc3ncccc3o2)c(F)c1)[C@@H]1C[CH]CC1. The minimum Gasteiger partial charge on any atom is -0.434 e. The van der Waals surface area contributed by atoms with Gasteiger partial charge in [0.2, 0.25) is 5.89 Å². The maximum Gasteiger partial charge on any atom is 0.253 e. The smallest absolute Gasteiger partial charge is 0.253 e. The highest BCUT2D eigenvalue weighted by atomic mass is 19.1. The van der Waals surface area contributed by atoms with Gasteiger partial charge in [0.05, 0.1) is 5.56 Å². The van der Waals surface area contributed by atoms with E-state index in [2.05, 4.69) is 16.4 Å². The molecule has 3 aromatic rings. The summed E-state index contributed by atoms with van der Waals surface area (Å²) in [4.78, 5) is 22.5. The number of oxazole rings is 1. The van der Waals surface area contributed by atoms with Crippen molar-refractivity contribution >= 4 is 17.1 Å². The molecule has 5 nitrogen and oxygen atoms in total. The molecule has 1 saturated carbocycles. The highest BCUT2D eigenvalue weighted by Crippen LogP contribution is 2.27. The van der Waals surface area contributed by atoms with Crippen molar-refractivity contribution in [3.05, 3.63) is 54.3 Å². The van der Waals surface area contributed by atoms with Gasteiger partial charge in [-0.05, 0) is 56.0 Å². The van der Waals surface area contributed by atoms with Gasteiger partial charge in [0.25, 0.3) is 5.91 Å². The van der Waals surface area contributed by atoms with E-state index in [9.17, 15) is 9.18 Å². The summed E-state index contributed by atoms with van der Waals surface area (Å²) in [5.74, 6) is -0.558. The molecule has 0 N–H and O–H groups in total. The summed E-state index contributed by atoms with van der Waals surface area (Å²) in [5.41, 5.74) is 1.46. The molecule has 4 rings (SSSR count). The van der Waals surface area contributed by atoms with E-state index in [-0.39, 0.29) is 23.4 Å². The quantitative estimate of drug-likeness (QED) is 0.728. The molecule has 0 saturated heterocycles. The van der Waals surface area contributed by atoms with Gasteiger partial charge >= 0.3 is 0 Å². The van der Waals surface area contributed by atoms with Crippen LogP contribution in [0, 0.1) is 12.2 Å². The van der Waals surface area contributed by atoms with Crippen LogP contribution in [0.5, 0.6) is 0 Å². The van der Waals surface area contributed by atoms with E-state index in [4.69, 9.17) is 4.42 Å². The Morgan fingerprint density at radius 3 is 2.96 bits per heavy atom. The second-order valence-corrected chi connectivity index (χ2v) is 6.21. The lowest BCUT2D eigenvalue weighted by atomic mass is 10.1. The lowest BCUT2D eigenvalue weighted by Gasteiger charge is -2.24. The van der Waals surface area contributed by atoms with E-state index < -0.39 is 5.82 Å². The Labute approximate surface area is 144 Å². The van der Waals surface area contributed by atoms with Crippen LogP contribution in [-0.2, 0) is 0 Å². The van der Waals surface area contributed by atoms with Crippen molar-refractivity contribution in [2.45, 2.75) is 25.3 Å². The van der Waals surface area contributed by atoms with E-state index in [1.165, 1.54) is 12.1 Å². The van der Waals surface area contributed by atoms with Crippen LogP contribution < -0.4 is 0 Å². The Hall–Kier alpha value is -2.76. The molecular formula is C19H17FN3O2. The molecule has 1 aliphatic rings. The number of hydrogen-bond acceptors (Lipinski definition) is 4. The summed E-state index contributed by atoms with van der Waals surface area (Å²) >= 11 is 0. The fourth-order valence-corrected chi connectivity index (χ4v) is 3.17. The fourth-order valence-electron chi connectivity index (χ4n) is 3.17. The van der Waals surface area contributed by atoms with Crippen LogP contribution >= 0.6 is 0 Å². The Morgan fingerprint density at radius 1 is 1.36 bits per heavy atom. The average Bonchev–Trinajstić information content (AvgIpc) is 3.29. The topological polar surface area (TPSA) is 59.2 Å². The number of benzene rings is 1. The number of nitrogens with zero attached hydrogens (tertiary/aromatic N) is 3. The van der Waals surface area contributed by atoms with Crippen LogP contribution in [0.15, 0.2) is 40.9 Å². The Kier molecular flexibility index (Phi) is 3.95. The number of carbonyl (C=O) groups is 1. The predicted octanol–water partition coefficient (Wildman–Crippen LogP) is 3.86. The Balaban J connectivity index is 1.63. The minimum atomic E-state index is -0.538. The molecule has 6 heteroatoms. The first-order valence-electron chi connectivity index (χ1n) is 8.24. The van der Waals surface area contributed by atoms with E-state index >= 15 is 0 Å². The van der Waals surface area contributed by atoms with Crippen LogP contribution in [0.25, 0.3) is 22.7 Å². The van der Waals surface area contributed by atoms with Gasteiger partial charge in [-0.3, -0.25) is 4.79 Å². The number of pyridine rings is 1. The number of rotatable bonds is 3. The molecule has 2 heterocycles. The molecule has 1 aromatic carbocycles. The molecule has 1 fully saturated rings. The van der Waals surface area contributed by atoms with Crippen LogP contribution in [0.3, 0.4) is 0 Å². The lowest BCUT2D eigenvalue weighted by molar-refractivity contribution is 0.0736. The summed E-state index contributed by atoms with van der Waals surface area (Å²) in [7, 11) is 1.77. The molecule has 0 spiro atoms. The van der Waals surface area contributed by atoms with Gasteiger partial charge in [-0.15, -0.1) is 0 Å². The van der Waals surface area contributed by atoms with Crippen molar-refractivity contribution in [2.75, 3.05) is 7.05 Å². The zero-order valence-corrected chi connectivity index (χ0v) is 13.8. The van der Waals surface area contributed by atoms with Crippen molar-refractivity contribution in [2.24, 2.45) is 0 Å². The zero-order chi connectivity index (χ0) is 17.4. The molecule has 127 valence electrons. The number of hydrogen-bond donors (Lipinski definition) is 0. The third kappa shape index (κ3) is 2.88. The third-order valence-electron chi connectivity index (χ3n) is 4.62. The number of fused-ring (bicyclic) bond motifs is 1. The highest BCUT2D eigenvalue weighted by Gasteiger charge is 2.25. The normalized spacial score (nSPS) is 15.0. The lowest BCUT2D eigenvalue weighted by Crippen LogP contribution is -2.35. The largest absolute Gasteiger partial charge is 0.434 e. The van der Waals surface area contributed by atoms with Gasteiger partial charge in [0.1, 0.15) is 5.82 Å². The van der Waals surface area contributed by atoms with Gasteiger partial charge in [-0.1, -0.05) is 0 Å². The summed E-state index contributed by atoms with van der Waals surface area (Å²) in [6.45, 7) is 0. The van der Waals surface area contributed by atoms with Crippen molar-refractivity contribution < 1.29 is 13.6 Å². The second-order valence-electron chi connectivity index (χ2n) is 6.21. The van der Waals surface area contributed by atoms with Crippen molar-refractivity contribution in [1.82, 2.24) is 14.9 Å². The van der Waals surface area contributed by atoms with Gasteiger partial charge in [0.15, 0.2) is 11.2 Å². The maximum atomic E-state index is 14.6. The van der Waals surface area contributed by atoms with E-state index in [0.717, 1.165) is 19.3 Å². The first-order chi connectivity index (χ1) is 12.1. The first kappa shape index (κ1) is 15.7. The molecule has 0 unspecified atom stereocenters. The molecule has 1 atom stereocenters. The third-order valence-corrected chi connectivity index (χ3v) is 4.62. The number of halogens is 1. The van der Waals surface area contributed by atoms with Crippen LogP contribution in [0.4, 0.5) is 4.39 Å². The summed E-state index contributed by atoms with van der Waals surface area (Å²) < 4.78 is 20.1. The van der Waals surface area contributed by atoms with Gasteiger partial charge < -0.3 is 9.32 Å². The maximum absolute atomic E-state index is 14.6. The van der Waals surface area contributed by atoms with Crippen LogP contribution in [0.1, 0.15) is 29.6 Å². The van der Waals surface area contributed by atoms with Crippen molar-refractivity contribution in [1.29, 1.82) is 0 Å². The van der Waals surface area contributed by atoms with Gasteiger partial charge in [-0.2, -0.15) is 4.98 Å². The van der Waals surface area contributed by atoms with Gasteiger partial charge in [0, 0.05) is 24.8 Å². The summed E-state index contributed by atoms with van der Waals surface area (Å²) in [6.07, 6.45) is 6.64. The van der Waals surface area contributed by atoms with E-state index in [1.54, 1.807) is 36.3 Å². The number of aromatic nitrogens is 2. The predicted molar refractivity (Wildman–Crippen MR) is 91.2 cm³/mol. The Bertz CT molecular complexity index is 898. The monoisotopic (exact) mass is 338 g/mol. The average molecular weight is 338 g/mol. The summed E-state index contributed by atoms with van der Waals surface area (Å²) in [5, 5.41) is 0. The molecule has 2 aromatic heterocycles. The molecule has 0 aliphatic heterocycles. The van der Waals surface area contributed by atoms with E-state index in [1.807, 2.05) is 0 Å². The molecule has 1 aliphatic carbocycles. The summed E-state index contributed by atoms with van der Waals surface area (Å²) in [6, 6.07) is 8.03. The van der Waals surface area contributed by atoms with E-state index in [0.29, 0.717) is 16.8 Å². The first-order valence-corrected chi connectivity index (χ1v) is 8.24. The number of amides is 1. The fraction of sp³-hybridized carbons (Fsp3) is 0.263. The molecule has 1 amide bonds. The van der Waals surface area contributed by atoms with Crippen molar-refractivity contribution in [3.63, 3.8) is 0 Å². The van der Waals surface area contributed by atoms with Gasteiger partial charge in [-0.25, -0.2) is 9.37 Å².